The fourth-order valence-electron chi connectivity index (χ4n) is 2.00. The number of aromatic nitrogens is 1. The van der Waals surface area contributed by atoms with Crippen LogP contribution in [0.5, 0.6) is 0 Å². The molecule has 2 aromatic heterocycles. The summed E-state index contributed by atoms with van der Waals surface area (Å²) in [4.78, 5) is 7.81. The molecule has 0 saturated carbocycles. The molecule has 0 saturated heterocycles. The molecule has 114 valence electrons. The number of hydrogen-bond donors (Lipinski definition) is 1. The molecule has 5 nitrogen and oxygen atoms in total. The van der Waals surface area contributed by atoms with E-state index in [1.807, 2.05) is 13.1 Å². The highest BCUT2D eigenvalue weighted by Crippen LogP contribution is 2.09. The average Bonchev–Trinajstić information content (AvgIpc) is 3.17. The minimum Gasteiger partial charge on any atom is -0.359 e. The zero-order valence-electron chi connectivity index (χ0n) is 12.8. The molecule has 0 radical (unpaired) electrons. The molecule has 6 heteroatoms. The summed E-state index contributed by atoms with van der Waals surface area (Å²) in [7, 11) is 3.84. The van der Waals surface area contributed by atoms with E-state index in [2.05, 4.69) is 44.8 Å². The Morgan fingerprint density at radius 1 is 1.52 bits per heavy atom. The summed E-state index contributed by atoms with van der Waals surface area (Å²) in [6, 6.07) is 6.23. The summed E-state index contributed by atoms with van der Waals surface area (Å²) in [5.74, 6) is 1.70. The van der Waals surface area contributed by atoms with Gasteiger partial charge in [-0.3, -0.25) is 4.99 Å². The van der Waals surface area contributed by atoms with Crippen molar-refractivity contribution in [3.8, 4) is 0 Å². The smallest absolute Gasteiger partial charge is 0.193 e. The molecule has 0 aromatic carbocycles. The zero-order chi connectivity index (χ0) is 15.1. The van der Waals surface area contributed by atoms with Crippen molar-refractivity contribution < 1.29 is 4.52 Å². The molecule has 0 amide bonds. The van der Waals surface area contributed by atoms with Gasteiger partial charge in [0.25, 0.3) is 0 Å². The maximum absolute atomic E-state index is 5.26. The third-order valence-electron chi connectivity index (χ3n) is 3.24. The van der Waals surface area contributed by atoms with Crippen molar-refractivity contribution in [2.75, 3.05) is 20.6 Å². The van der Waals surface area contributed by atoms with Crippen molar-refractivity contribution in [1.82, 2.24) is 15.4 Å². The summed E-state index contributed by atoms with van der Waals surface area (Å²) < 4.78 is 5.26. The van der Waals surface area contributed by atoms with E-state index in [1.165, 1.54) is 4.88 Å². The lowest BCUT2D eigenvalue weighted by Gasteiger charge is -2.21. The molecule has 2 rings (SSSR count). The van der Waals surface area contributed by atoms with Crippen molar-refractivity contribution in [3.63, 3.8) is 0 Å². The fourth-order valence-corrected chi connectivity index (χ4v) is 2.69. The van der Waals surface area contributed by atoms with Crippen molar-refractivity contribution in [3.05, 3.63) is 39.9 Å². The van der Waals surface area contributed by atoms with E-state index in [4.69, 9.17) is 4.52 Å². The molecule has 2 heterocycles. The molecular formula is C15H22N4OS. The second-order valence-electron chi connectivity index (χ2n) is 4.79. The number of hydrogen-bond acceptors (Lipinski definition) is 4. The zero-order valence-corrected chi connectivity index (χ0v) is 13.6. The summed E-state index contributed by atoms with van der Waals surface area (Å²) in [5, 5.41) is 9.39. The van der Waals surface area contributed by atoms with Crippen LogP contribution in [0.4, 0.5) is 0 Å². The molecule has 0 aliphatic rings. The minimum atomic E-state index is 0.600. The van der Waals surface area contributed by atoms with Gasteiger partial charge in [0.1, 0.15) is 0 Å². The number of thiophene rings is 1. The Morgan fingerprint density at radius 3 is 3.00 bits per heavy atom. The Morgan fingerprint density at radius 2 is 2.38 bits per heavy atom. The van der Waals surface area contributed by atoms with Crippen LogP contribution in [-0.4, -0.2) is 36.7 Å². The summed E-state index contributed by atoms with van der Waals surface area (Å²) in [6.07, 6.45) is 1.91. The minimum absolute atomic E-state index is 0.600. The first kappa shape index (κ1) is 15.6. The van der Waals surface area contributed by atoms with E-state index in [-0.39, 0.29) is 0 Å². The van der Waals surface area contributed by atoms with Crippen LogP contribution in [-0.2, 0) is 19.4 Å². The van der Waals surface area contributed by atoms with Crippen LogP contribution in [0.2, 0.25) is 0 Å². The monoisotopic (exact) mass is 306 g/mol. The van der Waals surface area contributed by atoms with E-state index >= 15 is 0 Å². The van der Waals surface area contributed by atoms with E-state index in [0.29, 0.717) is 6.54 Å². The van der Waals surface area contributed by atoms with Gasteiger partial charge in [0, 0.05) is 31.6 Å². The summed E-state index contributed by atoms with van der Waals surface area (Å²) in [5.41, 5.74) is 0.979. The molecule has 0 spiro atoms. The van der Waals surface area contributed by atoms with Crippen LogP contribution in [0.15, 0.2) is 33.1 Å². The lowest BCUT2D eigenvalue weighted by molar-refractivity contribution is 0.372. The second-order valence-corrected chi connectivity index (χ2v) is 5.82. The average molecular weight is 306 g/mol. The first-order chi connectivity index (χ1) is 10.2. The lowest BCUT2D eigenvalue weighted by Crippen LogP contribution is -2.39. The molecule has 0 aliphatic heterocycles. The van der Waals surface area contributed by atoms with Gasteiger partial charge < -0.3 is 14.7 Å². The Labute approximate surface area is 129 Å². The molecule has 0 unspecified atom stereocenters. The molecule has 0 bridgehead atoms. The highest BCUT2D eigenvalue weighted by molar-refractivity contribution is 7.09. The van der Waals surface area contributed by atoms with Gasteiger partial charge in [-0.25, -0.2) is 0 Å². The predicted octanol–water partition coefficient (Wildman–Crippen LogP) is 2.55. The van der Waals surface area contributed by atoms with Gasteiger partial charge in [-0.1, -0.05) is 18.1 Å². The molecule has 2 aromatic rings. The number of nitrogens with one attached hydrogen (secondary N) is 1. The summed E-state index contributed by atoms with van der Waals surface area (Å²) >= 11 is 1.79. The molecule has 0 aliphatic carbocycles. The predicted molar refractivity (Wildman–Crippen MR) is 86.7 cm³/mol. The third kappa shape index (κ3) is 4.60. The first-order valence-electron chi connectivity index (χ1n) is 7.11. The third-order valence-corrected chi connectivity index (χ3v) is 4.17. The Kier molecular flexibility index (Phi) is 5.80. The summed E-state index contributed by atoms with van der Waals surface area (Å²) in [6.45, 7) is 3.59. The molecule has 0 fully saturated rings. The van der Waals surface area contributed by atoms with Gasteiger partial charge >= 0.3 is 0 Å². The van der Waals surface area contributed by atoms with Crippen LogP contribution < -0.4 is 5.32 Å². The van der Waals surface area contributed by atoms with Gasteiger partial charge in [-0.05, 0) is 24.3 Å². The van der Waals surface area contributed by atoms with Crippen LogP contribution in [0.1, 0.15) is 23.3 Å². The second kappa shape index (κ2) is 7.83. The van der Waals surface area contributed by atoms with Crippen LogP contribution >= 0.6 is 11.3 Å². The van der Waals surface area contributed by atoms with Crippen molar-refractivity contribution in [2.24, 2.45) is 4.99 Å². The number of likely N-dealkylation sites (N-methyl/N-ethyl adjacent to an activating group) is 1. The van der Waals surface area contributed by atoms with Gasteiger partial charge in [0.05, 0.1) is 12.2 Å². The van der Waals surface area contributed by atoms with Gasteiger partial charge in [0.2, 0.25) is 0 Å². The highest BCUT2D eigenvalue weighted by atomic mass is 32.1. The Balaban J connectivity index is 1.81. The molecule has 21 heavy (non-hydrogen) atoms. The highest BCUT2D eigenvalue weighted by Gasteiger charge is 2.08. The largest absolute Gasteiger partial charge is 0.359 e. The van der Waals surface area contributed by atoms with Gasteiger partial charge in [-0.2, -0.15) is 0 Å². The molecular weight excluding hydrogens is 284 g/mol. The number of aliphatic imine (C=N–C) groups is 1. The van der Waals surface area contributed by atoms with E-state index in [0.717, 1.165) is 36.8 Å². The van der Waals surface area contributed by atoms with Crippen LogP contribution in [0.25, 0.3) is 0 Å². The first-order valence-corrected chi connectivity index (χ1v) is 7.99. The molecule has 1 N–H and O–H groups in total. The Bertz CT molecular complexity index is 562. The van der Waals surface area contributed by atoms with Crippen molar-refractivity contribution >= 4 is 17.3 Å². The van der Waals surface area contributed by atoms with Crippen molar-refractivity contribution in [1.29, 1.82) is 0 Å². The van der Waals surface area contributed by atoms with Gasteiger partial charge in [0.15, 0.2) is 11.7 Å². The van der Waals surface area contributed by atoms with Crippen LogP contribution in [0.3, 0.4) is 0 Å². The number of aryl methyl sites for hydroxylation is 1. The van der Waals surface area contributed by atoms with Crippen LogP contribution in [0, 0.1) is 0 Å². The van der Waals surface area contributed by atoms with Crippen molar-refractivity contribution in [2.45, 2.75) is 26.3 Å². The number of rotatable bonds is 6. The fraction of sp³-hybridized carbons (Fsp3) is 0.467. The maximum atomic E-state index is 5.26. The van der Waals surface area contributed by atoms with E-state index < -0.39 is 0 Å². The standard InChI is InChI=1S/C15H22N4OS/c1-4-12-10-13(20-18-12)11-17-15(16-2)19(3)8-7-14-6-5-9-21-14/h5-6,9-10H,4,7-8,11H2,1-3H3,(H,16,17). The van der Waals surface area contributed by atoms with E-state index in [9.17, 15) is 0 Å². The van der Waals surface area contributed by atoms with Gasteiger partial charge in [-0.15, -0.1) is 11.3 Å². The maximum Gasteiger partial charge on any atom is 0.193 e. The number of guanidine groups is 1. The van der Waals surface area contributed by atoms with E-state index in [1.54, 1.807) is 18.4 Å². The SMILES string of the molecule is CCc1cc(CNC(=NC)N(C)CCc2cccs2)on1. The Hall–Kier alpha value is -1.82. The quantitative estimate of drug-likeness (QED) is 0.658. The topological polar surface area (TPSA) is 53.7 Å². The number of nitrogens with zero attached hydrogens (tertiary/aromatic N) is 3. The lowest BCUT2D eigenvalue weighted by atomic mass is 10.3. The molecule has 0 atom stereocenters. The normalized spacial score (nSPS) is 11.7.